The van der Waals surface area contributed by atoms with Gasteiger partial charge in [0.05, 0.1) is 5.70 Å². The van der Waals surface area contributed by atoms with Crippen LogP contribution in [0.15, 0.2) is 10.3 Å². The largest absolute Gasteiger partial charge is 0.382 e. The van der Waals surface area contributed by atoms with E-state index < -0.39 is 0 Å². The molecule has 3 atom stereocenters. The average Bonchev–Trinajstić information content (AvgIpc) is 2.88. The SMILES string of the molecule is BrC1=C2NCCNC2N2NC3NCCNC3N12. The summed E-state index contributed by atoms with van der Waals surface area (Å²) in [6, 6.07) is 0. The summed E-state index contributed by atoms with van der Waals surface area (Å²) in [7, 11) is 0. The molecule has 4 rings (SSSR count). The minimum atomic E-state index is 0.201. The predicted molar refractivity (Wildman–Crippen MR) is 66.1 cm³/mol. The van der Waals surface area contributed by atoms with Gasteiger partial charge in [-0.3, -0.25) is 21.0 Å². The van der Waals surface area contributed by atoms with E-state index >= 15 is 0 Å². The standard InChI is InChI=1S/C9H16BrN7/c10-6-5-8(13-3-1-11-5)17-15-7-9(16(6)17)14-4-2-12-7/h7-9,11-15H,1-4H2. The summed E-state index contributed by atoms with van der Waals surface area (Å²) in [6.45, 7) is 3.95. The number of rotatable bonds is 0. The van der Waals surface area contributed by atoms with Crippen LogP contribution in [0.1, 0.15) is 0 Å². The van der Waals surface area contributed by atoms with E-state index in [-0.39, 0.29) is 18.5 Å². The maximum absolute atomic E-state index is 3.70. The minimum absolute atomic E-state index is 0.201. The molecule has 0 aliphatic carbocycles. The molecule has 7 nitrogen and oxygen atoms in total. The Hall–Kier alpha value is -0.380. The summed E-state index contributed by atoms with van der Waals surface area (Å²) in [5, 5.41) is 18.4. The number of nitrogens with one attached hydrogen (secondary N) is 5. The van der Waals surface area contributed by atoms with E-state index in [0.29, 0.717) is 0 Å². The Morgan fingerprint density at radius 3 is 2.82 bits per heavy atom. The van der Waals surface area contributed by atoms with Crippen molar-refractivity contribution in [1.82, 2.24) is 36.8 Å². The van der Waals surface area contributed by atoms with E-state index in [4.69, 9.17) is 0 Å². The van der Waals surface area contributed by atoms with Gasteiger partial charge in [-0.1, -0.05) is 0 Å². The van der Waals surface area contributed by atoms with Crippen LogP contribution < -0.4 is 26.7 Å². The number of hydrazine groups is 2. The van der Waals surface area contributed by atoms with Crippen molar-refractivity contribution in [2.45, 2.75) is 18.5 Å². The molecule has 3 unspecified atom stereocenters. The van der Waals surface area contributed by atoms with Crippen LogP contribution in [0, 0.1) is 0 Å². The Balaban J connectivity index is 1.68. The lowest BCUT2D eigenvalue weighted by atomic mass is 10.3. The maximum atomic E-state index is 3.70. The van der Waals surface area contributed by atoms with E-state index in [1.165, 1.54) is 5.70 Å². The molecular formula is C9H16BrN7. The summed E-state index contributed by atoms with van der Waals surface area (Å²) in [5.74, 6) is 0. The summed E-state index contributed by atoms with van der Waals surface area (Å²) >= 11 is 3.70. The molecule has 0 aromatic carbocycles. The third kappa shape index (κ3) is 1.39. The second kappa shape index (κ2) is 3.81. The molecule has 17 heavy (non-hydrogen) atoms. The van der Waals surface area contributed by atoms with Gasteiger partial charge in [-0.2, -0.15) is 0 Å². The normalized spacial score (nSPS) is 41.0. The fourth-order valence-electron chi connectivity index (χ4n) is 2.90. The molecule has 0 aromatic rings. The van der Waals surface area contributed by atoms with Gasteiger partial charge in [-0.15, -0.1) is 5.12 Å². The Morgan fingerprint density at radius 2 is 1.88 bits per heavy atom. The van der Waals surface area contributed by atoms with Gasteiger partial charge in [0.2, 0.25) is 0 Å². The van der Waals surface area contributed by atoms with Crippen molar-refractivity contribution in [2.24, 2.45) is 0 Å². The van der Waals surface area contributed by atoms with E-state index in [1.807, 2.05) is 0 Å². The van der Waals surface area contributed by atoms with Gasteiger partial charge in [0.25, 0.3) is 0 Å². The smallest absolute Gasteiger partial charge is 0.137 e. The number of hydrogen-bond acceptors (Lipinski definition) is 7. The molecule has 0 aromatic heterocycles. The van der Waals surface area contributed by atoms with Gasteiger partial charge in [0.15, 0.2) is 0 Å². The zero-order valence-corrected chi connectivity index (χ0v) is 10.9. The van der Waals surface area contributed by atoms with Crippen molar-refractivity contribution < 1.29 is 0 Å². The van der Waals surface area contributed by atoms with Crippen molar-refractivity contribution in [3.05, 3.63) is 10.3 Å². The summed E-state index contributed by atoms with van der Waals surface area (Å²) in [4.78, 5) is 0. The van der Waals surface area contributed by atoms with Crippen LogP contribution >= 0.6 is 15.9 Å². The minimum Gasteiger partial charge on any atom is -0.382 e. The van der Waals surface area contributed by atoms with Crippen LogP contribution in [-0.4, -0.2) is 54.8 Å². The molecule has 3 saturated heterocycles. The van der Waals surface area contributed by atoms with Crippen molar-refractivity contribution >= 4 is 15.9 Å². The molecule has 3 fully saturated rings. The Bertz CT molecular complexity index is 372. The Kier molecular flexibility index (Phi) is 2.36. The van der Waals surface area contributed by atoms with Crippen LogP contribution in [0.25, 0.3) is 0 Å². The van der Waals surface area contributed by atoms with Gasteiger partial charge in [0, 0.05) is 26.2 Å². The van der Waals surface area contributed by atoms with Crippen molar-refractivity contribution in [1.29, 1.82) is 0 Å². The molecule has 4 aliphatic heterocycles. The lowest BCUT2D eigenvalue weighted by Gasteiger charge is -2.32. The van der Waals surface area contributed by atoms with Crippen LogP contribution in [-0.2, 0) is 0 Å². The van der Waals surface area contributed by atoms with Gasteiger partial charge in [-0.05, 0) is 15.9 Å². The molecule has 0 bridgehead atoms. The number of piperazine rings is 2. The molecule has 94 valence electrons. The second-order valence-electron chi connectivity index (χ2n) is 4.64. The first-order valence-electron chi connectivity index (χ1n) is 6.04. The highest BCUT2D eigenvalue weighted by atomic mass is 79.9. The van der Waals surface area contributed by atoms with Crippen LogP contribution in [0.2, 0.25) is 0 Å². The monoisotopic (exact) mass is 301 g/mol. The molecule has 0 saturated carbocycles. The highest BCUT2D eigenvalue weighted by Crippen LogP contribution is 2.35. The molecule has 4 heterocycles. The molecule has 5 N–H and O–H groups in total. The topological polar surface area (TPSA) is 66.6 Å². The van der Waals surface area contributed by atoms with Gasteiger partial charge in [-0.25, -0.2) is 5.43 Å². The predicted octanol–water partition coefficient (Wildman–Crippen LogP) is -2.03. The Labute approximate surface area is 108 Å². The number of halogens is 1. The maximum Gasteiger partial charge on any atom is 0.137 e. The third-order valence-electron chi connectivity index (χ3n) is 3.64. The highest BCUT2D eigenvalue weighted by Gasteiger charge is 2.51. The molecular weight excluding hydrogens is 286 g/mol. The first-order chi connectivity index (χ1) is 8.36. The van der Waals surface area contributed by atoms with E-state index in [9.17, 15) is 0 Å². The zero-order valence-electron chi connectivity index (χ0n) is 9.33. The molecule has 0 radical (unpaired) electrons. The zero-order chi connectivity index (χ0) is 11.4. The lowest BCUT2D eigenvalue weighted by Crippen LogP contribution is -2.60. The fraction of sp³-hybridized carbons (Fsp3) is 0.778. The quantitative estimate of drug-likeness (QED) is 0.331. The van der Waals surface area contributed by atoms with E-state index in [1.54, 1.807) is 0 Å². The molecule has 0 amide bonds. The van der Waals surface area contributed by atoms with E-state index in [2.05, 4.69) is 52.7 Å². The number of nitrogens with zero attached hydrogens (tertiary/aromatic N) is 2. The average molecular weight is 302 g/mol. The number of hydrogen-bond donors (Lipinski definition) is 5. The van der Waals surface area contributed by atoms with Gasteiger partial charge < -0.3 is 5.32 Å². The molecule has 4 aliphatic rings. The van der Waals surface area contributed by atoms with Crippen molar-refractivity contribution in [3.8, 4) is 0 Å². The van der Waals surface area contributed by atoms with Gasteiger partial charge >= 0.3 is 0 Å². The van der Waals surface area contributed by atoms with Crippen LogP contribution in [0.3, 0.4) is 0 Å². The second-order valence-corrected chi connectivity index (χ2v) is 5.39. The van der Waals surface area contributed by atoms with Crippen LogP contribution in [0.4, 0.5) is 0 Å². The number of fused-ring (bicyclic) bond motifs is 5. The lowest BCUT2D eigenvalue weighted by molar-refractivity contribution is -0.0171. The first kappa shape index (κ1) is 10.5. The van der Waals surface area contributed by atoms with E-state index in [0.717, 1.165) is 30.8 Å². The fourth-order valence-corrected chi connectivity index (χ4v) is 3.65. The summed E-state index contributed by atoms with van der Waals surface area (Å²) in [5.41, 5.74) is 4.71. The van der Waals surface area contributed by atoms with Crippen molar-refractivity contribution in [2.75, 3.05) is 26.2 Å². The Morgan fingerprint density at radius 1 is 1.06 bits per heavy atom. The van der Waals surface area contributed by atoms with Crippen LogP contribution in [0.5, 0.6) is 0 Å². The first-order valence-corrected chi connectivity index (χ1v) is 6.84. The van der Waals surface area contributed by atoms with Crippen molar-refractivity contribution in [3.63, 3.8) is 0 Å². The van der Waals surface area contributed by atoms with Gasteiger partial charge in [0.1, 0.15) is 23.1 Å². The molecule has 0 spiro atoms. The summed E-state index contributed by atoms with van der Waals surface area (Å²) < 4.78 is 1.12. The third-order valence-corrected chi connectivity index (χ3v) is 4.44. The highest BCUT2D eigenvalue weighted by molar-refractivity contribution is 9.11. The summed E-state index contributed by atoms with van der Waals surface area (Å²) in [6.07, 6.45) is 0.730. The molecule has 8 heteroatoms.